The molecule has 0 fully saturated rings. The first-order valence-electron chi connectivity index (χ1n) is 4.14. The molecule has 0 aliphatic heterocycles. The van der Waals surface area contributed by atoms with Gasteiger partial charge >= 0.3 is 5.97 Å². The van der Waals surface area contributed by atoms with E-state index in [4.69, 9.17) is 9.84 Å². The van der Waals surface area contributed by atoms with Crippen molar-refractivity contribution < 1.29 is 14.6 Å². The highest BCUT2D eigenvalue weighted by Gasteiger charge is 2.09. The number of hydrogen-bond donors (Lipinski definition) is 2. The third-order valence-electron chi connectivity index (χ3n) is 1.44. The summed E-state index contributed by atoms with van der Waals surface area (Å²) in [6.07, 6.45) is 1.34. The standard InChI is InChI=1S/C9H13NO3/c1-6(2)5-13-9(12)8-3-7(11)4-10-8/h3-4,6,10-11H,5H2,1-2H3. The quantitative estimate of drug-likeness (QED) is 0.698. The van der Waals surface area contributed by atoms with Crippen LogP contribution in [0.3, 0.4) is 0 Å². The molecule has 0 bridgehead atoms. The van der Waals surface area contributed by atoms with E-state index in [1.165, 1.54) is 12.3 Å². The van der Waals surface area contributed by atoms with Crippen LogP contribution in [0, 0.1) is 5.92 Å². The van der Waals surface area contributed by atoms with E-state index in [9.17, 15) is 4.79 Å². The number of rotatable bonds is 3. The average molecular weight is 183 g/mol. The Kier molecular flexibility index (Phi) is 2.95. The van der Waals surface area contributed by atoms with Gasteiger partial charge in [-0.2, -0.15) is 0 Å². The molecule has 4 heteroatoms. The summed E-state index contributed by atoms with van der Waals surface area (Å²) in [5.41, 5.74) is 0.276. The van der Waals surface area contributed by atoms with E-state index in [1.54, 1.807) is 0 Å². The maximum absolute atomic E-state index is 11.2. The average Bonchev–Trinajstić information content (AvgIpc) is 2.47. The number of H-pyrrole nitrogens is 1. The number of carbonyl (C=O) groups excluding carboxylic acids is 1. The number of ether oxygens (including phenoxy) is 1. The molecule has 0 amide bonds. The van der Waals surface area contributed by atoms with Crippen LogP contribution in [0.2, 0.25) is 0 Å². The van der Waals surface area contributed by atoms with E-state index < -0.39 is 5.97 Å². The third-order valence-corrected chi connectivity index (χ3v) is 1.44. The molecule has 0 unspecified atom stereocenters. The lowest BCUT2D eigenvalue weighted by molar-refractivity contribution is 0.0452. The number of hydrogen-bond acceptors (Lipinski definition) is 3. The second-order valence-electron chi connectivity index (χ2n) is 3.26. The van der Waals surface area contributed by atoms with Gasteiger partial charge < -0.3 is 14.8 Å². The molecular weight excluding hydrogens is 170 g/mol. The summed E-state index contributed by atoms with van der Waals surface area (Å²) in [5.74, 6) is -0.0852. The smallest absolute Gasteiger partial charge is 0.354 e. The van der Waals surface area contributed by atoms with Crippen molar-refractivity contribution >= 4 is 5.97 Å². The minimum absolute atomic E-state index is 0.0384. The molecule has 13 heavy (non-hydrogen) atoms. The van der Waals surface area contributed by atoms with Gasteiger partial charge in [-0.05, 0) is 5.92 Å². The van der Waals surface area contributed by atoms with Crippen LogP contribution < -0.4 is 0 Å². The number of esters is 1. The van der Waals surface area contributed by atoms with Gasteiger partial charge in [-0.3, -0.25) is 0 Å². The molecule has 1 aromatic heterocycles. The zero-order valence-electron chi connectivity index (χ0n) is 7.70. The zero-order valence-corrected chi connectivity index (χ0v) is 7.70. The van der Waals surface area contributed by atoms with Gasteiger partial charge in [-0.25, -0.2) is 4.79 Å². The summed E-state index contributed by atoms with van der Waals surface area (Å²) in [5, 5.41) is 8.94. The molecule has 1 rings (SSSR count). The summed E-state index contributed by atoms with van der Waals surface area (Å²) in [4.78, 5) is 13.8. The summed E-state index contributed by atoms with van der Waals surface area (Å²) in [7, 11) is 0. The first kappa shape index (κ1) is 9.64. The molecule has 2 N–H and O–H groups in total. The molecule has 0 aromatic carbocycles. The monoisotopic (exact) mass is 183 g/mol. The molecule has 0 radical (unpaired) electrons. The second kappa shape index (κ2) is 3.98. The number of aromatic amines is 1. The second-order valence-corrected chi connectivity index (χ2v) is 3.26. The highest BCUT2D eigenvalue weighted by atomic mass is 16.5. The molecule has 0 spiro atoms. The lowest BCUT2D eigenvalue weighted by Crippen LogP contribution is -2.10. The van der Waals surface area contributed by atoms with E-state index in [1.807, 2.05) is 13.8 Å². The summed E-state index contributed by atoms with van der Waals surface area (Å²) < 4.78 is 4.92. The normalized spacial score (nSPS) is 10.4. The Morgan fingerprint density at radius 1 is 1.69 bits per heavy atom. The summed E-state index contributed by atoms with van der Waals surface area (Å²) >= 11 is 0. The molecule has 1 aromatic rings. The van der Waals surface area contributed by atoms with Crippen molar-refractivity contribution in [2.24, 2.45) is 5.92 Å². The van der Waals surface area contributed by atoms with Gasteiger partial charge in [0.1, 0.15) is 11.4 Å². The van der Waals surface area contributed by atoms with E-state index in [2.05, 4.69) is 4.98 Å². The van der Waals surface area contributed by atoms with Gasteiger partial charge in [-0.1, -0.05) is 13.8 Å². The Morgan fingerprint density at radius 3 is 2.85 bits per heavy atom. The first-order valence-corrected chi connectivity index (χ1v) is 4.14. The van der Waals surface area contributed by atoms with Crippen LogP contribution in [0.15, 0.2) is 12.3 Å². The van der Waals surface area contributed by atoms with Crippen molar-refractivity contribution in [2.75, 3.05) is 6.61 Å². The molecule has 72 valence electrons. The Hall–Kier alpha value is -1.45. The molecule has 0 atom stereocenters. The lowest BCUT2D eigenvalue weighted by Gasteiger charge is -2.04. The molecule has 1 heterocycles. The topological polar surface area (TPSA) is 62.3 Å². The van der Waals surface area contributed by atoms with Gasteiger partial charge in [0.15, 0.2) is 0 Å². The summed E-state index contributed by atoms with van der Waals surface area (Å²) in [6.45, 7) is 4.30. The van der Waals surface area contributed by atoms with Crippen molar-refractivity contribution in [1.82, 2.24) is 4.98 Å². The number of aromatic nitrogens is 1. The molecule has 0 saturated heterocycles. The van der Waals surface area contributed by atoms with Crippen molar-refractivity contribution in [1.29, 1.82) is 0 Å². The maximum atomic E-state index is 11.2. The first-order chi connectivity index (χ1) is 6.09. The molecular formula is C9H13NO3. The predicted molar refractivity (Wildman–Crippen MR) is 47.6 cm³/mol. The Bertz CT molecular complexity index is 291. The van der Waals surface area contributed by atoms with Gasteiger partial charge in [0.05, 0.1) is 6.61 Å². The van der Waals surface area contributed by atoms with Crippen LogP contribution in [0.4, 0.5) is 0 Å². The molecule has 0 saturated carbocycles. The zero-order chi connectivity index (χ0) is 9.84. The van der Waals surface area contributed by atoms with Crippen molar-refractivity contribution in [2.45, 2.75) is 13.8 Å². The van der Waals surface area contributed by atoms with Crippen LogP contribution in [0.5, 0.6) is 5.75 Å². The van der Waals surface area contributed by atoms with Crippen molar-refractivity contribution in [3.63, 3.8) is 0 Å². The van der Waals surface area contributed by atoms with E-state index in [0.29, 0.717) is 12.5 Å². The fourth-order valence-electron chi connectivity index (χ4n) is 0.821. The van der Waals surface area contributed by atoms with Gasteiger partial charge in [0.25, 0.3) is 0 Å². The molecule has 4 nitrogen and oxygen atoms in total. The van der Waals surface area contributed by atoms with Gasteiger partial charge in [0, 0.05) is 12.3 Å². The number of carbonyl (C=O) groups is 1. The maximum Gasteiger partial charge on any atom is 0.354 e. The lowest BCUT2D eigenvalue weighted by atomic mass is 10.2. The van der Waals surface area contributed by atoms with E-state index in [-0.39, 0.29) is 11.4 Å². The third kappa shape index (κ3) is 2.82. The number of aromatic hydroxyl groups is 1. The van der Waals surface area contributed by atoms with Crippen molar-refractivity contribution in [3.8, 4) is 5.75 Å². The molecule has 0 aliphatic rings. The van der Waals surface area contributed by atoms with Gasteiger partial charge in [-0.15, -0.1) is 0 Å². The van der Waals surface area contributed by atoms with E-state index in [0.717, 1.165) is 0 Å². The van der Waals surface area contributed by atoms with Crippen LogP contribution >= 0.6 is 0 Å². The minimum Gasteiger partial charge on any atom is -0.506 e. The van der Waals surface area contributed by atoms with Crippen LogP contribution in [0.1, 0.15) is 24.3 Å². The Labute approximate surface area is 76.5 Å². The van der Waals surface area contributed by atoms with Gasteiger partial charge in [0.2, 0.25) is 0 Å². The van der Waals surface area contributed by atoms with Crippen LogP contribution in [-0.2, 0) is 4.74 Å². The SMILES string of the molecule is CC(C)COC(=O)c1cc(O)c[nH]1. The molecule has 0 aliphatic carbocycles. The minimum atomic E-state index is -0.436. The van der Waals surface area contributed by atoms with E-state index >= 15 is 0 Å². The summed E-state index contributed by atoms with van der Waals surface area (Å²) in [6, 6.07) is 1.34. The predicted octanol–water partition coefficient (Wildman–Crippen LogP) is 1.53. The largest absolute Gasteiger partial charge is 0.506 e. The van der Waals surface area contributed by atoms with Crippen LogP contribution in [-0.4, -0.2) is 22.7 Å². The highest BCUT2D eigenvalue weighted by molar-refractivity contribution is 5.87. The fourth-order valence-corrected chi connectivity index (χ4v) is 0.821. The fraction of sp³-hybridized carbons (Fsp3) is 0.444. The van der Waals surface area contributed by atoms with Crippen molar-refractivity contribution in [3.05, 3.63) is 18.0 Å². The Balaban J connectivity index is 2.49. The highest BCUT2D eigenvalue weighted by Crippen LogP contribution is 2.10. The number of nitrogens with one attached hydrogen (secondary N) is 1. The van der Waals surface area contributed by atoms with Crippen LogP contribution in [0.25, 0.3) is 0 Å². The Morgan fingerprint density at radius 2 is 2.38 bits per heavy atom.